The summed E-state index contributed by atoms with van der Waals surface area (Å²) in [6, 6.07) is 7.25. The largest absolute Gasteiger partial charge is 0.508 e. The van der Waals surface area contributed by atoms with E-state index < -0.39 is 0 Å². The van der Waals surface area contributed by atoms with Gasteiger partial charge in [-0.3, -0.25) is 0 Å². The van der Waals surface area contributed by atoms with Crippen molar-refractivity contribution < 1.29 is 5.11 Å². The molecule has 0 unspecified atom stereocenters. The molecular weight excluding hydrogens is 227 g/mol. The molecule has 1 aromatic carbocycles. The first kappa shape index (κ1) is 8.75. The molecule has 0 bridgehead atoms. The van der Waals surface area contributed by atoms with Crippen LogP contribution in [0.15, 0.2) is 24.3 Å². The molecule has 0 aromatic heterocycles. The molecule has 1 nitrogen and oxygen atoms in total. The Balaban J connectivity index is 0.000000640. The van der Waals surface area contributed by atoms with Crippen LogP contribution < -0.4 is 0 Å². The van der Waals surface area contributed by atoms with E-state index in [1.54, 1.807) is 6.07 Å². The molecule has 0 fully saturated rings. The molecule has 0 saturated heterocycles. The van der Waals surface area contributed by atoms with Crippen LogP contribution in [0.1, 0.15) is 5.56 Å². The lowest BCUT2D eigenvalue weighted by Gasteiger charge is -1.92. The van der Waals surface area contributed by atoms with Crippen LogP contribution in [0.2, 0.25) is 0 Å². The fourth-order valence-corrected chi connectivity index (χ4v) is 0.563. The van der Waals surface area contributed by atoms with Crippen LogP contribution in [-0.4, -0.2) is 5.11 Å². The van der Waals surface area contributed by atoms with Gasteiger partial charge in [0.15, 0.2) is 0 Å². The van der Waals surface area contributed by atoms with Crippen molar-refractivity contribution in [3.63, 3.8) is 0 Å². The molecule has 0 radical (unpaired) electrons. The topological polar surface area (TPSA) is 20.2 Å². The highest BCUT2D eigenvalue weighted by Gasteiger charge is 1.86. The number of halogens is 1. The molecule has 50 valence electrons. The van der Waals surface area contributed by atoms with E-state index in [1.807, 2.05) is 25.1 Å². The highest BCUT2D eigenvalue weighted by Crippen LogP contribution is 2.12. The van der Waals surface area contributed by atoms with Crippen molar-refractivity contribution in [3.05, 3.63) is 29.8 Å². The maximum absolute atomic E-state index is 8.92. The molecule has 0 aliphatic rings. The van der Waals surface area contributed by atoms with E-state index in [-0.39, 0.29) is 24.0 Å². The van der Waals surface area contributed by atoms with Crippen LogP contribution in [0, 0.1) is 6.92 Å². The van der Waals surface area contributed by atoms with E-state index in [9.17, 15) is 0 Å². The second-order valence-corrected chi connectivity index (χ2v) is 1.79. The maximum atomic E-state index is 8.92. The van der Waals surface area contributed by atoms with Crippen LogP contribution in [0.4, 0.5) is 0 Å². The zero-order valence-corrected chi connectivity index (χ0v) is 7.50. The van der Waals surface area contributed by atoms with Crippen molar-refractivity contribution in [1.82, 2.24) is 0 Å². The number of aromatic hydroxyl groups is 1. The van der Waals surface area contributed by atoms with Gasteiger partial charge in [-0.25, -0.2) is 0 Å². The van der Waals surface area contributed by atoms with Gasteiger partial charge in [0.1, 0.15) is 5.75 Å². The van der Waals surface area contributed by atoms with Gasteiger partial charge >= 0.3 is 0 Å². The zero-order chi connectivity index (χ0) is 5.98. The molecule has 0 spiro atoms. The second kappa shape index (κ2) is 3.71. The Morgan fingerprint density at radius 1 is 1.22 bits per heavy atom. The Morgan fingerprint density at radius 3 is 2.11 bits per heavy atom. The quantitative estimate of drug-likeness (QED) is 0.685. The number of phenolic OH excluding ortho intramolecular Hbond substituents is 1. The number of para-hydroxylation sites is 1. The number of hydrogen-bond donors (Lipinski definition) is 1. The Kier molecular flexibility index (Phi) is 3.61. The highest BCUT2D eigenvalue weighted by molar-refractivity contribution is 14.0. The SMILES string of the molecule is Cc1ccccc1O.I. The summed E-state index contributed by atoms with van der Waals surface area (Å²) < 4.78 is 0. The summed E-state index contributed by atoms with van der Waals surface area (Å²) in [5.74, 6) is 0.368. The van der Waals surface area contributed by atoms with Crippen molar-refractivity contribution in [2.75, 3.05) is 0 Å². The predicted octanol–water partition coefficient (Wildman–Crippen LogP) is 2.32. The fourth-order valence-electron chi connectivity index (χ4n) is 0.563. The van der Waals surface area contributed by atoms with Gasteiger partial charge < -0.3 is 5.11 Å². The summed E-state index contributed by atoms with van der Waals surface area (Å²) in [6.07, 6.45) is 0. The van der Waals surface area contributed by atoms with Gasteiger partial charge in [-0.2, -0.15) is 0 Å². The van der Waals surface area contributed by atoms with Crippen molar-refractivity contribution in [3.8, 4) is 5.75 Å². The average Bonchev–Trinajstić information content (AvgIpc) is 1.77. The number of benzene rings is 1. The predicted molar refractivity (Wildman–Crippen MR) is 48.3 cm³/mol. The number of phenols is 1. The molecule has 0 atom stereocenters. The average molecular weight is 236 g/mol. The van der Waals surface area contributed by atoms with E-state index in [1.165, 1.54) is 0 Å². The second-order valence-electron chi connectivity index (χ2n) is 1.79. The minimum atomic E-state index is 0. The van der Waals surface area contributed by atoms with Crippen molar-refractivity contribution in [2.45, 2.75) is 6.92 Å². The van der Waals surface area contributed by atoms with Gasteiger partial charge in [-0.15, -0.1) is 24.0 Å². The lowest BCUT2D eigenvalue weighted by atomic mass is 10.2. The third kappa shape index (κ3) is 2.22. The smallest absolute Gasteiger partial charge is 0.118 e. The fraction of sp³-hybridized carbons (Fsp3) is 0.143. The Labute approximate surface area is 71.7 Å². The Hall–Kier alpha value is -0.250. The van der Waals surface area contributed by atoms with E-state index in [2.05, 4.69) is 0 Å². The zero-order valence-electron chi connectivity index (χ0n) is 5.16. The normalized spacial score (nSPS) is 8.11. The third-order valence-electron chi connectivity index (χ3n) is 1.12. The Morgan fingerprint density at radius 2 is 1.78 bits per heavy atom. The summed E-state index contributed by atoms with van der Waals surface area (Å²) in [4.78, 5) is 0. The monoisotopic (exact) mass is 236 g/mol. The van der Waals surface area contributed by atoms with Crippen LogP contribution in [0.3, 0.4) is 0 Å². The van der Waals surface area contributed by atoms with E-state index in [4.69, 9.17) is 5.11 Å². The van der Waals surface area contributed by atoms with Crippen LogP contribution in [-0.2, 0) is 0 Å². The standard InChI is InChI=1S/C7H8O.HI/c1-6-4-2-3-5-7(6)8;/h2-5,8H,1H3;1H. The molecule has 1 rings (SSSR count). The summed E-state index contributed by atoms with van der Waals surface area (Å²) in [7, 11) is 0. The van der Waals surface area contributed by atoms with E-state index in [0.29, 0.717) is 5.75 Å². The van der Waals surface area contributed by atoms with Crippen LogP contribution >= 0.6 is 24.0 Å². The van der Waals surface area contributed by atoms with E-state index in [0.717, 1.165) is 5.56 Å². The van der Waals surface area contributed by atoms with Gasteiger partial charge in [-0.05, 0) is 18.6 Å². The third-order valence-corrected chi connectivity index (χ3v) is 1.12. The lowest BCUT2D eigenvalue weighted by molar-refractivity contribution is 0.471. The van der Waals surface area contributed by atoms with Gasteiger partial charge in [0.2, 0.25) is 0 Å². The van der Waals surface area contributed by atoms with Crippen LogP contribution in [0.25, 0.3) is 0 Å². The molecule has 9 heavy (non-hydrogen) atoms. The minimum Gasteiger partial charge on any atom is -0.508 e. The van der Waals surface area contributed by atoms with Gasteiger partial charge in [0.25, 0.3) is 0 Å². The molecule has 2 heteroatoms. The van der Waals surface area contributed by atoms with Crippen molar-refractivity contribution in [2.24, 2.45) is 0 Å². The number of aryl methyl sites for hydroxylation is 1. The van der Waals surface area contributed by atoms with Crippen molar-refractivity contribution in [1.29, 1.82) is 0 Å². The first-order valence-electron chi connectivity index (χ1n) is 2.55. The van der Waals surface area contributed by atoms with Gasteiger partial charge in [0, 0.05) is 0 Å². The summed E-state index contributed by atoms with van der Waals surface area (Å²) in [5.41, 5.74) is 0.924. The molecule has 0 aliphatic carbocycles. The number of hydrogen-bond acceptors (Lipinski definition) is 1. The van der Waals surface area contributed by atoms with E-state index >= 15 is 0 Å². The summed E-state index contributed by atoms with van der Waals surface area (Å²) in [6.45, 7) is 1.87. The molecule has 0 saturated carbocycles. The molecular formula is C7H9IO. The first-order chi connectivity index (χ1) is 3.80. The lowest BCUT2D eigenvalue weighted by Crippen LogP contribution is -1.68. The molecule has 0 amide bonds. The first-order valence-corrected chi connectivity index (χ1v) is 2.55. The molecule has 0 aliphatic heterocycles. The summed E-state index contributed by atoms with van der Waals surface area (Å²) in [5, 5.41) is 8.92. The van der Waals surface area contributed by atoms with Gasteiger partial charge in [0.05, 0.1) is 0 Å². The van der Waals surface area contributed by atoms with Crippen molar-refractivity contribution >= 4 is 24.0 Å². The number of rotatable bonds is 0. The minimum absolute atomic E-state index is 0. The molecule has 1 aromatic rings. The molecule has 0 heterocycles. The Bertz CT molecular complexity index is 165. The van der Waals surface area contributed by atoms with Crippen LogP contribution in [0.5, 0.6) is 5.75 Å². The molecule has 1 N–H and O–H groups in total. The maximum Gasteiger partial charge on any atom is 0.118 e. The van der Waals surface area contributed by atoms with Gasteiger partial charge in [-0.1, -0.05) is 18.2 Å². The summed E-state index contributed by atoms with van der Waals surface area (Å²) >= 11 is 0. The highest BCUT2D eigenvalue weighted by atomic mass is 127.